The zero-order chi connectivity index (χ0) is 18.4. The van der Waals surface area contributed by atoms with E-state index in [2.05, 4.69) is 5.29 Å². The fourth-order valence-electron chi connectivity index (χ4n) is 2.44. The fourth-order valence-corrected chi connectivity index (χ4v) is 2.60. The van der Waals surface area contributed by atoms with Crippen molar-refractivity contribution < 1.29 is 30.0 Å². The first-order valence-electron chi connectivity index (χ1n) is 7.63. The summed E-state index contributed by atoms with van der Waals surface area (Å²) in [5.74, 6) is -0.0273. The van der Waals surface area contributed by atoms with Crippen LogP contribution < -0.4 is 0 Å². The molecule has 1 fully saturated rings. The highest BCUT2D eigenvalue weighted by Gasteiger charge is 2.48. The van der Waals surface area contributed by atoms with E-state index in [0.717, 1.165) is 4.90 Å². The largest absolute Gasteiger partial charge is 0.394 e. The first-order valence-corrected chi connectivity index (χ1v) is 8.16. The van der Waals surface area contributed by atoms with Crippen LogP contribution in [0.3, 0.4) is 0 Å². The molecule has 1 heterocycles. The smallest absolute Gasteiger partial charge is 0.345 e. The fraction of sp³-hybridized carbons (Fsp3) is 0.923. The molecule has 2 unspecified atom stereocenters. The zero-order valence-corrected chi connectivity index (χ0v) is 14.3. The molecule has 0 aromatic carbocycles. The second-order valence-electron chi connectivity index (χ2n) is 5.56. The third kappa shape index (κ3) is 4.32. The van der Waals surface area contributed by atoms with E-state index in [1.807, 2.05) is 0 Å². The van der Waals surface area contributed by atoms with E-state index in [1.165, 1.54) is 0 Å². The van der Waals surface area contributed by atoms with Crippen LogP contribution in [-0.4, -0.2) is 92.1 Å². The van der Waals surface area contributed by atoms with Gasteiger partial charge in [-0.05, 0) is 13.3 Å². The Morgan fingerprint density at radius 1 is 1.29 bits per heavy atom. The number of hydrogen-bond donors (Lipinski definition) is 4. The van der Waals surface area contributed by atoms with Gasteiger partial charge in [-0.3, -0.25) is 4.90 Å². The average Bonchev–Trinajstić information content (AvgIpc) is 2.59. The summed E-state index contributed by atoms with van der Waals surface area (Å²) in [6, 6.07) is -1.34. The molecular weight excluding hydrogens is 346 g/mol. The molecule has 0 aromatic heterocycles. The lowest BCUT2D eigenvalue weighted by molar-refractivity contribution is -0.262. The van der Waals surface area contributed by atoms with E-state index in [-0.39, 0.29) is 12.4 Å². The van der Waals surface area contributed by atoms with Crippen molar-refractivity contribution >= 4 is 17.6 Å². The molecule has 0 spiro atoms. The Labute approximate surface area is 144 Å². The molecular formula is C13H24ClN3O7. The van der Waals surface area contributed by atoms with Gasteiger partial charge in [-0.25, -0.2) is 4.79 Å². The number of ether oxygens (including phenoxy) is 1. The van der Waals surface area contributed by atoms with Gasteiger partial charge in [0.15, 0.2) is 6.23 Å². The number of urea groups is 1. The Morgan fingerprint density at radius 2 is 1.92 bits per heavy atom. The highest BCUT2D eigenvalue weighted by atomic mass is 35.5. The number of carbonyl (C=O) groups is 1. The van der Waals surface area contributed by atoms with Crippen LogP contribution in [-0.2, 0) is 4.74 Å². The number of rotatable bonds is 7. The van der Waals surface area contributed by atoms with Crippen molar-refractivity contribution in [2.45, 2.75) is 57.0 Å². The molecule has 0 aliphatic carbocycles. The summed E-state index contributed by atoms with van der Waals surface area (Å²) in [5, 5.41) is 42.4. The second-order valence-corrected chi connectivity index (χ2v) is 5.94. The molecule has 24 heavy (non-hydrogen) atoms. The second kappa shape index (κ2) is 9.44. The summed E-state index contributed by atoms with van der Waals surface area (Å²) < 4.78 is 5.40. The van der Waals surface area contributed by atoms with Gasteiger partial charge in [-0.1, -0.05) is 6.92 Å². The third-order valence-electron chi connectivity index (χ3n) is 4.04. The number of aliphatic hydroxyl groups is 4. The number of nitroso groups, excluding NO2 is 1. The molecule has 0 bridgehead atoms. The molecule has 0 radical (unpaired) electrons. The van der Waals surface area contributed by atoms with Gasteiger partial charge < -0.3 is 25.2 Å². The van der Waals surface area contributed by atoms with Crippen LogP contribution in [0.15, 0.2) is 5.29 Å². The van der Waals surface area contributed by atoms with Gasteiger partial charge in [-0.2, -0.15) is 5.01 Å². The van der Waals surface area contributed by atoms with Gasteiger partial charge in [0.05, 0.1) is 18.4 Å². The molecule has 0 aromatic rings. The summed E-state index contributed by atoms with van der Waals surface area (Å²) in [5.41, 5.74) is 0. The number of alkyl halides is 1. The summed E-state index contributed by atoms with van der Waals surface area (Å²) in [6.07, 6.45) is -6.90. The van der Waals surface area contributed by atoms with Gasteiger partial charge >= 0.3 is 6.03 Å². The van der Waals surface area contributed by atoms with Gasteiger partial charge in [0.1, 0.15) is 24.4 Å². The Kier molecular flexibility index (Phi) is 8.27. The minimum absolute atomic E-state index is 0.0273. The molecule has 140 valence electrons. The monoisotopic (exact) mass is 369 g/mol. The van der Waals surface area contributed by atoms with E-state index >= 15 is 0 Å². The highest BCUT2D eigenvalue weighted by molar-refractivity contribution is 6.18. The Morgan fingerprint density at radius 3 is 2.38 bits per heavy atom. The number of nitrogens with zero attached hydrogens (tertiary/aromatic N) is 3. The first-order chi connectivity index (χ1) is 11.3. The van der Waals surface area contributed by atoms with Crippen LogP contribution in [0.25, 0.3) is 0 Å². The van der Waals surface area contributed by atoms with Gasteiger partial charge in [-0.15, -0.1) is 16.5 Å². The average molecular weight is 370 g/mol. The van der Waals surface area contributed by atoms with Crippen molar-refractivity contribution in [3.63, 3.8) is 0 Å². The number of hydrogen-bond acceptors (Lipinski definition) is 8. The Bertz CT molecular complexity index is 428. The van der Waals surface area contributed by atoms with Crippen LogP contribution in [0.2, 0.25) is 0 Å². The van der Waals surface area contributed by atoms with Crippen LogP contribution >= 0.6 is 11.6 Å². The standard InChI is InChI=1S/C13H24ClN3O7/c1-3-7(2)17(13(22)16(15-23)5-4-14)12-11(21)10(20)9(19)8(6-18)24-12/h7-12,18-21H,3-6H2,1-2H3/t7?,8-,9+,10+,11-,12?/m1/s1. The molecule has 11 heteroatoms. The molecule has 2 amide bonds. The van der Waals surface area contributed by atoms with Crippen LogP contribution in [0, 0.1) is 4.91 Å². The number of aliphatic hydroxyl groups excluding tert-OH is 4. The Hall–Kier alpha value is -1.04. The SMILES string of the molecule is CCC(C)N(C(=O)N(CCCl)N=O)C1O[C@H](CO)[C@H](O)[C@H](O)[C@H]1O. The molecule has 1 aliphatic heterocycles. The summed E-state index contributed by atoms with van der Waals surface area (Å²) in [4.78, 5) is 24.5. The molecule has 0 saturated carbocycles. The van der Waals surface area contributed by atoms with Gasteiger partial charge in [0.2, 0.25) is 0 Å². The molecule has 1 saturated heterocycles. The predicted molar refractivity (Wildman–Crippen MR) is 84.0 cm³/mol. The van der Waals surface area contributed by atoms with Gasteiger partial charge in [0.25, 0.3) is 0 Å². The molecule has 6 atom stereocenters. The van der Waals surface area contributed by atoms with Gasteiger partial charge in [0, 0.05) is 11.9 Å². The maximum absolute atomic E-state index is 12.6. The third-order valence-corrected chi connectivity index (χ3v) is 4.21. The van der Waals surface area contributed by atoms with E-state index in [4.69, 9.17) is 16.3 Å². The number of carbonyl (C=O) groups excluding carboxylic acids is 1. The van der Waals surface area contributed by atoms with Crippen LogP contribution in [0.4, 0.5) is 4.79 Å². The maximum atomic E-state index is 12.6. The van der Waals surface area contributed by atoms with E-state index < -0.39 is 49.3 Å². The van der Waals surface area contributed by atoms with E-state index in [0.29, 0.717) is 11.4 Å². The highest BCUT2D eigenvalue weighted by Crippen LogP contribution is 2.26. The number of amides is 2. The first kappa shape index (κ1) is 21.0. The minimum atomic E-state index is -1.63. The van der Waals surface area contributed by atoms with Crippen LogP contribution in [0.5, 0.6) is 0 Å². The van der Waals surface area contributed by atoms with Crippen molar-refractivity contribution in [1.29, 1.82) is 0 Å². The Balaban J connectivity index is 3.14. The van der Waals surface area contributed by atoms with Crippen molar-refractivity contribution in [1.82, 2.24) is 9.91 Å². The van der Waals surface area contributed by atoms with Crippen molar-refractivity contribution in [2.24, 2.45) is 5.29 Å². The molecule has 1 rings (SSSR count). The minimum Gasteiger partial charge on any atom is -0.394 e. The van der Waals surface area contributed by atoms with E-state index in [1.54, 1.807) is 13.8 Å². The van der Waals surface area contributed by atoms with Crippen molar-refractivity contribution in [2.75, 3.05) is 19.0 Å². The lowest BCUT2D eigenvalue weighted by Gasteiger charge is -2.46. The lowest BCUT2D eigenvalue weighted by Crippen LogP contribution is -2.66. The molecule has 10 nitrogen and oxygen atoms in total. The lowest BCUT2D eigenvalue weighted by atomic mass is 9.97. The maximum Gasteiger partial charge on any atom is 0.345 e. The molecule has 1 aliphatic rings. The number of halogens is 1. The zero-order valence-electron chi connectivity index (χ0n) is 13.5. The van der Waals surface area contributed by atoms with E-state index in [9.17, 15) is 30.1 Å². The predicted octanol–water partition coefficient (Wildman–Crippen LogP) is -0.771. The summed E-state index contributed by atoms with van der Waals surface area (Å²) in [6.45, 7) is 2.66. The molecule has 4 N–H and O–H groups in total. The van der Waals surface area contributed by atoms with Crippen LogP contribution in [0.1, 0.15) is 20.3 Å². The summed E-state index contributed by atoms with van der Waals surface area (Å²) >= 11 is 5.54. The quantitative estimate of drug-likeness (QED) is 0.262. The van der Waals surface area contributed by atoms with Crippen molar-refractivity contribution in [3.8, 4) is 0 Å². The topological polar surface area (TPSA) is 143 Å². The normalized spacial score (nSPS) is 31.4. The summed E-state index contributed by atoms with van der Waals surface area (Å²) in [7, 11) is 0. The van der Waals surface area contributed by atoms with Crippen molar-refractivity contribution in [3.05, 3.63) is 4.91 Å².